The van der Waals surface area contributed by atoms with Crippen molar-refractivity contribution in [2.24, 2.45) is 11.3 Å². The topological polar surface area (TPSA) is 18.5 Å². The molecule has 2 aliphatic rings. The molecule has 1 fully saturated rings. The molecule has 0 saturated heterocycles. The van der Waals surface area contributed by atoms with Crippen LogP contribution in [-0.2, 0) is 0 Å². The first-order valence-corrected chi connectivity index (χ1v) is 8.03. The lowest BCUT2D eigenvalue weighted by atomic mass is 10.0. The van der Waals surface area contributed by atoms with Crippen LogP contribution in [0.5, 0.6) is 11.5 Å². The van der Waals surface area contributed by atoms with E-state index in [0.717, 1.165) is 29.0 Å². The molecule has 0 amide bonds. The molecule has 1 aromatic rings. The predicted molar refractivity (Wildman–Crippen MR) is 80.5 cm³/mol. The summed E-state index contributed by atoms with van der Waals surface area (Å²) in [4.78, 5) is 0. The summed E-state index contributed by atoms with van der Waals surface area (Å²) in [5.41, 5.74) is 1.58. The number of ether oxygens (including phenoxy) is 2. The molecule has 19 heavy (non-hydrogen) atoms. The molecule has 1 aliphatic heterocycles. The van der Waals surface area contributed by atoms with E-state index in [1.807, 2.05) is 0 Å². The van der Waals surface area contributed by atoms with Crippen molar-refractivity contribution in [2.75, 3.05) is 19.1 Å². The summed E-state index contributed by atoms with van der Waals surface area (Å²) < 4.78 is 12.5. The molecule has 0 aromatic heterocycles. The maximum atomic E-state index is 6.07. The summed E-state index contributed by atoms with van der Waals surface area (Å²) in [5, 5.41) is 0. The van der Waals surface area contributed by atoms with Crippen LogP contribution in [0.15, 0.2) is 16.6 Å². The Kier molecular flexibility index (Phi) is 3.46. The van der Waals surface area contributed by atoms with Gasteiger partial charge in [0.2, 0.25) is 0 Å². The zero-order valence-electron chi connectivity index (χ0n) is 11.2. The van der Waals surface area contributed by atoms with Crippen molar-refractivity contribution in [3.05, 3.63) is 22.2 Å². The van der Waals surface area contributed by atoms with Gasteiger partial charge in [-0.05, 0) is 50.9 Å². The second-order valence-electron chi connectivity index (χ2n) is 5.94. The number of halogens is 2. The molecule has 3 rings (SSSR count). The fourth-order valence-electron chi connectivity index (χ4n) is 3.12. The van der Waals surface area contributed by atoms with Gasteiger partial charge in [0, 0.05) is 12.3 Å². The maximum Gasteiger partial charge on any atom is 0.175 e. The number of alkyl halides is 1. The molecule has 1 heterocycles. The van der Waals surface area contributed by atoms with Crippen molar-refractivity contribution in [2.45, 2.75) is 26.2 Å². The minimum absolute atomic E-state index is 0.279. The third-order valence-corrected chi connectivity index (χ3v) is 5.32. The van der Waals surface area contributed by atoms with Crippen LogP contribution in [0.25, 0.3) is 0 Å². The second kappa shape index (κ2) is 4.85. The standard InChI is InChI=1S/C15H18BrClO2/c1-15(2)10(8-17)13(15)9-6-11(16)14-12(7-9)18-4-3-5-19-14/h6-7,10,13H,3-5,8H2,1-2H3. The lowest BCUT2D eigenvalue weighted by Crippen LogP contribution is -1.97. The molecule has 2 nitrogen and oxygen atoms in total. The summed E-state index contributed by atoms with van der Waals surface area (Å²) in [7, 11) is 0. The van der Waals surface area contributed by atoms with E-state index < -0.39 is 0 Å². The molecule has 1 aromatic carbocycles. The largest absolute Gasteiger partial charge is 0.490 e. The van der Waals surface area contributed by atoms with Gasteiger partial charge in [-0.2, -0.15) is 0 Å². The van der Waals surface area contributed by atoms with E-state index in [4.69, 9.17) is 21.1 Å². The molecular weight excluding hydrogens is 328 g/mol. The lowest BCUT2D eigenvalue weighted by molar-refractivity contribution is 0.296. The van der Waals surface area contributed by atoms with E-state index in [-0.39, 0.29) is 5.41 Å². The first kappa shape index (κ1) is 13.6. The highest BCUT2D eigenvalue weighted by atomic mass is 79.9. The molecule has 0 radical (unpaired) electrons. The monoisotopic (exact) mass is 344 g/mol. The Hall–Kier alpha value is -0.410. The van der Waals surface area contributed by atoms with Crippen LogP contribution in [0, 0.1) is 11.3 Å². The van der Waals surface area contributed by atoms with Crippen LogP contribution < -0.4 is 9.47 Å². The van der Waals surface area contributed by atoms with Gasteiger partial charge in [0.05, 0.1) is 17.7 Å². The summed E-state index contributed by atoms with van der Waals surface area (Å²) in [6.07, 6.45) is 0.926. The Bertz CT molecular complexity index is 501. The van der Waals surface area contributed by atoms with Crippen molar-refractivity contribution < 1.29 is 9.47 Å². The number of fused-ring (bicyclic) bond motifs is 1. The smallest absolute Gasteiger partial charge is 0.175 e. The Morgan fingerprint density at radius 3 is 2.74 bits per heavy atom. The van der Waals surface area contributed by atoms with E-state index in [9.17, 15) is 0 Å². The number of hydrogen-bond acceptors (Lipinski definition) is 2. The van der Waals surface area contributed by atoms with Crippen molar-refractivity contribution >= 4 is 27.5 Å². The van der Waals surface area contributed by atoms with Gasteiger partial charge in [-0.3, -0.25) is 0 Å². The molecule has 2 unspecified atom stereocenters. The van der Waals surface area contributed by atoms with Crippen molar-refractivity contribution in [3.8, 4) is 11.5 Å². The van der Waals surface area contributed by atoms with Crippen molar-refractivity contribution in [1.82, 2.24) is 0 Å². The van der Waals surface area contributed by atoms with Gasteiger partial charge < -0.3 is 9.47 Å². The molecule has 4 heteroatoms. The van der Waals surface area contributed by atoms with E-state index in [2.05, 4.69) is 41.9 Å². The van der Waals surface area contributed by atoms with Gasteiger partial charge >= 0.3 is 0 Å². The van der Waals surface area contributed by atoms with Crippen LogP contribution in [0.2, 0.25) is 0 Å². The fraction of sp³-hybridized carbons (Fsp3) is 0.600. The lowest BCUT2D eigenvalue weighted by Gasteiger charge is -2.12. The Morgan fingerprint density at radius 2 is 2.05 bits per heavy atom. The maximum absolute atomic E-state index is 6.07. The molecule has 0 bridgehead atoms. The van der Waals surface area contributed by atoms with Crippen LogP contribution in [-0.4, -0.2) is 19.1 Å². The molecule has 0 N–H and O–H groups in total. The van der Waals surface area contributed by atoms with Gasteiger partial charge in [-0.1, -0.05) is 13.8 Å². The third-order valence-electron chi connectivity index (χ3n) is 4.40. The van der Waals surface area contributed by atoms with Crippen LogP contribution in [0.3, 0.4) is 0 Å². The first-order valence-electron chi connectivity index (χ1n) is 6.70. The van der Waals surface area contributed by atoms with Gasteiger partial charge in [0.15, 0.2) is 11.5 Å². The average molecular weight is 346 g/mol. The predicted octanol–water partition coefficient (Wildman–Crippen LogP) is 4.59. The van der Waals surface area contributed by atoms with E-state index >= 15 is 0 Å². The zero-order valence-corrected chi connectivity index (χ0v) is 13.6. The molecular formula is C15H18BrClO2. The summed E-state index contributed by atoms with van der Waals surface area (Å²) in [6.45, 7) is 5.99. The summed E-state index contributed by atoms with van der Waals surface area (Å²) in [6, 6.07) is 4.29. The zero-order chi connectivity index (χ0) is 13.6. The van der Waals surface area contributed by atoms with Crippen molar-refractivity contribution in [1.29, 1.82) is 0 Å². The average Bonchev–Trinajstić information content (AvgIpc) is 3.00. The summed E-state index contributed by atoms with van der Waals surface area (Å²) >= 11 is 9.67. The van der Waals surface area contributed by atoms with E-state index in [1.165, 1.54) is 5.56 Å². The third kappa shape index (κ3) is 2.25. The minimum Gasteiger partial charge on any atom is -0.490 e. The highest BCUT2D eigenvalue weighted by Crippen LogP contribution is 2.65. The van der Waals surface area contributed by atoms with Gasteiger partial charge in [-0.15, -0.1) is 11.6 Å². The second-order valence-corrected chi connectivity index (χ2v) is 7.10. The van der Waals surface area contributed by atoms with Crippen LogP contribution in [0.4, 0.5) is 0 Å². The molecule has 0 spiro atoms. The van der Waals surface area contributed by atoms with Gasteiger partial charge in [-0.25, -0.2) is 0 Å². The van der Waals surface area contributed by atoms with Crippen LogP contribution in [0.1, 0.15) is 31.7 Å². The molecule has 104 valence electrons. The summed E-state index contributed by atoms with van der Waals surface area (Å²) in [5.74, 6) is 3.47. The highest BCUT2D eigenvalue weighted by Gasteiger charge is 2.57. The van der Waals surface area contributed by atoms with E-state index in [0.29, 0.717) is 24.3 Å². The fourth-order valence-corrected chi connectivity index (χ4v) is 4.27. The molecule has 2 atom stereocenters. The number of rotatable bonds is 2. The Labute approximate surface area is 127 Å². The minimum atomic E-state index is 0.279. The Balaban J connectivity index is 1.97. The van der Waals surface area contributed by atoms with Crippen molar-refractivity contribution in [3.63, 3.8) is 0 Å². The normalized spacial score (nSPS) is 27.8. The van der Waals surface area contributed by atoms with E-state index in [1.54, 1.807) is 0 Å². The number of benzene rings is 1. The van der Waals surface area contributed by atoms with Crippen LogP contribution >= 0.6 is 27.5 Å². The molecule has 1 aliphatic carbocycles. The highest BCUT2D eigenvalue weighted by molar-refractivity contribution is 9.10. The SMILES string of the molecule is CC1(C)C(CCl)C1c1cc(Br)c2c(c1)OCCCO2. The molecule has 1 saturated carbocycles. The Morgan fingerprint density at radius 1 is 1.32 bits per heavy atom. The first-order chi connectivity index (χ1) is 9.05. The van der Waals surface area contributed by atoms with Gasteiger partial charge in [0.25, 0.3) is 0 Å². The number of hydrogen-bond donors (Lipinski definition) is 0. The van der Waals surface area contributed by atoms with Gasteiger partial charge in [0.1, 0.15) is 0 Å². The quantitative estimate of drug-likeness (QED) is 0.730.